The Labute approximate surface area is 290 Å². The largest absolute Gasteiger partial charge is 0.494 e. The van der Waals surface area contributed by atoms with Crippen LogP contribution in [0.15, 0.2) is 58.1 Å². The summed E-state index contributed by atoms with van der Waals surface area (Å²) in [7, 11) is 0. The molecule has 0 aliphatic rings. The van der Waals surface area contributed by atoms with Crippen LogP contribution >= 0.6 is 0 Å². The van der Waals surface area contributed by atoms with Crippen LogP contribution in [-0.2, 0) is 13.1 Å². The van der Waals surface area contributed by atoms with Crippen molar-refractivity contribution in [1.29, 1.82) is 0 Å². The van der Waals surface area contributed by atoms with E-state index in [1.54, 1.807) is 0 Å². The number of aromatic nitrogens is 4. The van der Waals surface area contributed by atoms with E-state index < -0.39 is 0 Å². The maximum atomic E-state index is 14.9. The third-order valence-corrected chi connectivity index (χ3v) is 11.1. The molecule has 0 amide bonds. The van der Waals surface area contributed by atoms with Gasteiger partial charge in [-0.2, -0.15) is 0 Å². The number of hydrogen-bond acceptors (Lipinski definition) is 4. The first-order valence-electron chi connectivity index (χ1n) is 18.8. The SMILES string of the molecule is C=c1c2c3[nH]c4ccccc4c3c3c(=O)n(CCCCCCCC)c(=O)c4c5c6ccccc6nc5c(c(O)n1CCCCCCCC)c2c43. The molecular formula is C43H46N4O3. The Kier molecular flexibility index (Phi) is 8.46. The summed E-state index contributed by atoms with van der Waals surface area (Å²) >= 11 is 0. The summed E-state index contributed by atoms with van der Waals surface area (Å²) < 4.78 is 3.41. The molecule has 0 atom stereocenters. The second kappa shape index (κ2) is 13.1. The lowest BCUT2D eigenvalue weighted by Crippen LogP contribution is -2.34. The molecule has 2 N–H and O–H groups in total. The first-order valence-corrected chi connectivity index (χ1v) is 18.8. The maximum absolute atomic E-state index is 14.9. The monoisotopic (exact) mass is 666 g/mol. The van der Waals surface area contributed by atoms with Crippen LogP contribution in [0.4, 0.5) is 0 Å². The number of para-hydroxylation sites is 2. The van der Waals surface area contributed by atoms with Gasteiger partial charge in [-0.05, 0) is 25.0 Å². The fourth-order valence-corrected chi connectivity index (χ4v) is 8.59. The normalized spacial score (nSPS) is 12.4. The number of hydrogen-bond donors (Lipinski definition) is 2. The number of nitrogens with zero attached hydrogens (tertiary/aromatic N) is 3. The molecule has 0 fully saturated rings. The van der Waals surface area contributed by atoms with Gasteiger partial charge in [0.05, 0.1) is 32.7 Å². The van der Waals surface area contributed by atoms with Crippen molar-refractivity contribution in [1.82, 2.24) is 19.1 Å². The van der Waals surface area contributed by atoms with Gasteiger partial charge in [-0.15, -0.1) is 0 Å². The van der Waals surface area contributed by atoms with E-state index in [1.807, 2.05) is 53.1 Å². The topological polar surface area (TPSA) is 92.9 Å². The number of fused-ring (bicyclic) bond motifs is 10. The van der Waals surface area contributed by atoms with Crippen molar-refractivity contribution in [3.63, 3.8) is 0 Å². The lowest BCUT2D eigenvalue weighted by Gasteiger charge is -2.20. The van der Waals surface area contributed by atoms with Crippen LogP contribution in [0.1, 0.15) is 90.9 Å². The van der Waals surface area contributed by atoms with Gasteiger partial charge in [0, 0.05) is 61.7 Å². The molecular weight excluding hydrogens is 620 g/mol. The van der Waals surface area contributed by atoms with E-state index in [0.29, 0.717) is 56.3 Å². The first-order chi connectivity index (χ1) is 24.5. The summed E-state index contributed by atoms with van der Waals surface area (Å²) in [6, 6.07) is 15.9. The molecule has 4 aromatic carbocycles. The van der Waals surface area contributed by atoms with E-state index in [0.717, 1.165) is 83.0 Å². The van der Waals surface area contributed by atoms with Crippen LogP contribution in [-0.4, -0.2) is 24.2 Å². The van der Waals surface area contributed by atoms with Gasteiger partial charge < -0.3 is 14.7 Å². The molecule has 0 aliphatic carbocycles. The highest BCUT2D eigenvalue weighted by Gasteiger charge is 2.29. The van der Waals surface area contributed by atoms with E-state index in [9.17, 15) is 14.7 Å². The summed E-state index contributed by atoms with van der Waals surface area (Å²) in [5.74, 6) is 0.0891. The summed E-state index contributed by atoms with van der Waals surface area (Å²) in [4.78, 5) is 38.5. The van der Waals surface area contributed by atoms with Crippen molar-refractivity contribution < 1.29 is 5.11 Å². The maximum Gasteiger partial charge on any atom is 0.262 e. The van der Waals surface area contributed by atoms with Crippen LogP contribution in [0.5, 0.6) is 5.88 Å². The molecule has 8 rings (SSSR count). The summed E-state index contributed by atoms with van der Waals surface area (Å²) in [5.41, 5.74) is 2.52. The second-order valence-electron chi connectivity index (χ2n) is 14.2. The smallest absolute Gasteiger partial charge is 0.262 e. The van der Waals surface area contributed by atoms with Gasteiger partial charge in [-0.3, -0.25) is 14.2 Å². The number of pyridine rings is 2. The lowest BCUT2D eigenvalue weighted by atomic mass is 9.89. The molecule has 4 aromatic heterocycles. The molecule has 4 heterocycles. The number of aromatic hydroxyl groups is 1. The van der Waals surface area contributed by atoms with Gasteiger partial charge >= 0.3 is 0 Å². The average molecular weight is 667 g/mol. The van der Waals surface area contributed by atoms with E-state index >= 15 is 0 Å². The third-order valence-electron chi connectivity index (χ3n) is 11.1. The fourth-order valence-electron chi connectivity index (χ4n) is 8.59. The van der Waals surface area contributed by atoms with Crippen molar-refractivity contribution in [2.45, 2.75) is 104 Å². The van der Waals surface area contributed by atoms with Crippen molar-refractivity contribution in [3.05, 3.63) is 74.6 Å². The molecule has 256 valence electrons. The van der Waals surface area contributed by atoms with Crippen LogP contribution in [0.2, 0.25) is 0 Å². The zero-order valence-corrected chi connectivity index (χ0v) is 29.3. The number of rotatable bonds is 14. The molecule has 0 saturated carbocycles. The molecule has 0 saturated heterocycles. The van der Waals surface area contributed by atoms with Gasteiger partial charge in [-0.1, -0.05) is 121 Å². The van der Waals surface area contributed by atoms with E-state index in [2.05, 4.69) is 25.4 Å². The van der Waals surface area contributed by atoms with Crippen molar-refractivity contribution in [2.24, 2.45) is 0 Å². The van der Waals surface area contributed by atoms with Gasteiger partial charge in [0.2, 0.25) is 5.88 Å². The van der Waals surface area contributed by atoms with Crippen molar-refractivity contribution in [3.8, 4) is 5.88 Å². The molecule has 50 heavy (non-hydrogen) atoms. The highest BCUT2D eigenvalue weighted by atomic mass is 16.3. The highest BCUT2D eigenvalue weighted by Crippen LogP contribution is 2.47. The Bertz CT molecular complexity index is 2680. The minimum absolute atomic E-state index is 0.0891. The zero-order chi connectivity index (χ0) is 34.5. The quantitative estimate of drug-likeness (QED) is 0.0893. The van der Waals surface area contributed by atoms with Crippen LogP contribution in [0, 0.1) is 0 Å². The van der Waals surface area contributed by atoms with Gasteiger partial charge in [0.1, 0.15) is 0 Å². The molecule has 7 heteroatoms. The minimum atomic E-state index is -0.282. The number of benzene rings is 4. The Morgan fingerprint density at radius 1 is 0.620 bits per heavy atom. The van der Waals surface area contributed by atoms with Crippen molar-refractivity contribution >= 4 is 82.5 Å². The van der Waals surface area contributed by atoms with Crippen LogP contribution < -0.4 is 16.5 Å². The first kappa shape index (κ1) is 32.3. The predicted octanol–water partition coefficient (Wildman–Crippen LogP) is 9.80. The number of nitrogens with one attached hydrogen (secondary N) is 1. The fraction of sp³-hybridized carbons (Fsp3) is 0.372. The number of H-pyrrole nitrogens is 1. The summed E-state index contributed by atoms with van der Waals surface area (Å²) in [6.07, 6.45) is 13.1. The molecule has 0 unspecified atom stereocenters. The van der Waals surface area contributed by atoms with Gasteiger partial charge in [0.25, 0.3) is 11.1 Å². The predicted molar refractivity (Wildman–Crippen MR) is 210 cm³/mol. The van der Waals surface area contributed by atoms with Crippen LogP contribution in [0.3, 0.4) is 0 Å². The Morgan fingerprint density at radius 2 is 1.18 bits per heavy atom. The Balaban J connectivity index is 1.51. The number of unbranched alkanes of at least 4 members (excludes halogenated alkanes) is 10. The van der Waals surface area contributed by atoms with Gasteiger partial charge in [0.15, 0.2) is 0 Å². The molecule has 8 aromatic rings. The standard InChI is InChI=1S/C43H46N4O3/c1-4-6-8-10-12-18-24-46-26(3)31-34-35-36(32-27-20-14-16-22-29(27)44-39(31)32)41(48)47(25-19-13-11-9-7-5-2)42(49)37(35)33-28-21-15-17-23-30(28)45-40(33)38(34)43(46)50/h14-17,20-23,44,50H,3-13,18-19,24-25H2,1-2H3. The zero-order valence-electron chi connectivity index (χ0n) is 29.3. The second-order valence-corrected chi connectivity index (χ2v) is 14.2. The molecule has 0 bridgehead atoms. The van der Waals surface area contributed by atoms with Gasteiger partial charge in [-0.25, -0.2) is 4.98 Å². The summed E-state index contributed by atoms with van der Waals surface area (Å²) in [6.45, 7) is 9.99. The molecule has 0 aliphatic heterocycles. The molecule has 7 nitrogen and oxygen atoms in total. The Morgan fingerprint density at radius 3 is 1.88 bits per heavy atom. The average Bonchev–Trinajstić information content (AvgIpc) is 3.70. The number of aromatic amines is 1. The highest BCUT2D eigenvalue weighted by molar-refractivity contribution is 6.44. The van der Waals surface area contributed by atoms with E-state index in [4.69, 9.17) is 4.98 Å². The van der Waals surface area contributed by atoms with E-state index in [1.165, 1.54) is 36.7 Å². The molecule has 0 radical (unpaired) electrons. The lowest BCUT2D eigenvalue weighted by molar-refractivity contribution is 0.407. The molecule has 0 spiro atoms. The third kappa shape index (κ3) is 4.88. The summed E-state index contributed by atoms with van der Waals surface area (Å²) in [5, 5.41) is 20.0. The van der Waals surface area contributed by atoms with E-state index in [-0.39, 0.29) is 17.0 Å². The van der Waals surface area contributed by atoms with Crippen LogP contribution in [0.25, 0.3) is 82.5 Å². The van der Waals surface area contributed by atoms with Crippen molar-refractivity contribution in [2.75, 3.05) is 0 Å². The minimum Gasteiger partial charge on any atom is -0.494 e. The Hall–Kier alpha value is -4.91.